The average molecular weight is 258 g/mol. The molecular formula is C9H5BrFNO2. The van der Waals surface area contributed by atoms with Crippen molar-refractivity contribution in [2.24, 2.45) is 0 Å². The summed E-state index contributed by atoms with van der Waals surface area (Å²) >= 11 is 2.92. The molecule has 5 heteroatoms. The Balaban J connectivity index is 3.40. The van der Waals surface area contributed by atoms with Gasteiger partial charge in [0.05, 0.1) is 5.33 Å². The standard InChI is InChI=1S/C9H5BrFNO2/c10-3-8(13)5-1-2-7(11)9(14)6(5)4-12/h1-2,14H,3H2. The number of hydrogen-bond acceptors (Lipinski definition) is 3. The van der Waals surface area contributed by atoms with Crippen LogP contribution < -0.4 is 0 Å². The van der Waals surface area contributed by atoms with Gasteiger partial charge in [-0.05, 0) is 12.1 Å². The Bertz CT molecular complexity index is 426. The van der Waals surface area contributed by atoms with Gasteiger partial charge in [0.25, 0.3) is 0 Å². The van der Waals surface area contributed by atoms with E-state index in [0.717, 1.165) is 6.07 Å². The van der Waals surface area contributed by atoms with E-state index >= 15 is 0 Å². The minimum atomic E-state index is -0.910. The molecule has 0 spiro atoms. The maximum absolute atomic E-state index is 12.8. The van der Waals surface area contributed by atoms with Crippen LogP contribution in [0.5, 0.6) is 5.75 Å². The van der Waals surface area contributed by atoms with Crippen molar-refractivity contribution in [3.63, 3.8) is 0 Å². The average Bonchev–Trinajstić information content (AvgIpc) is 2.20. The lowest BCUT2D eigenvalue weighted by Crippen LogP contribution is -2.03. The van der Waals surface area contributed by atoms with Crippen LogP contribution in [0.3, 0.4) is 0 Å². The first-order chi connectivity index (χ1) is 6.61. The van der Waals surface area contributed by atoms with Crippen molar-refractivity contribution < 1.29 is 14.3 Å². The zero-order chi connectivity index (χ0) is 10.7. The number of rotatable bonds is 2. The molecule has 0 saturated heterocycles. The summed E-state index contributed by atoms with van der Waals surface area (Å²) < 4.78 is 12.8. The van der Waals surface area contributed by atoms with Crippen molar-refractivity contribution in [1.29, 1.82) is 5.26 Å². The smallest absolute Gasteiger partial charge is 0.174 e. The Morgan fingerprint density at radius 2 is 2.29 bits per heavy atom. The second-order valence-corrected chi connectivity index (χ2v) is 3.05. The summed E-state index contributed by atoms with van der Waals surface area (Å²) in [4.78, 5) is 11.2. The van der Waals surface area contributed by atoms with E-state index in [1.165, 1.54) is 6.07 Å². The molecular weight excluding hydrogens is 253 g/mol. The SMILES string of the molecule is N#Cc1c(C(=O)CBr)ccc(F)c1O. The van der Waals surface area contributed by atoms with Gasteiger partial charge in [0.1, 0.15) is 11.6 Å². The number of halogens is 2. The summed E-state index contributed by atoms with van der Waals surface area (Å²) in [5, 5.41) is 17.8. The van der Waals surface area contributed by atoms with Gasteiger partial charge in [0, 0.05) is 5.56 Å². The van der Waals surface area contributed by atoms with Crippen LogP contribution in [-0.2, 0) is 0 Å². The molecule has 0 aliphatic heterocycles. The van der Waals surface area contributed by atoms with E-state index in [-0.39, 0.29) is 22.2 Å². The molecule has 0 bridgehead atoms. The number of alkyl halides is 1. The number of aromatic hydroxyl groups is 1. The highest BCUT2D eigenvalue weighted by molar-refractivity contribution is 9.09. The highest BCUT2D eigenvalue weighted by atomic mass is 79.9. The molecule has 0 heterocycles. The molecule has 0 atom stereocenters. The van der Waals surface area contributed by atoms with Crippen LogP contribution in [-0.4, -0.2) is 16.2 Å². The molecule has 1 N–H and O–H groups in total. The molecule has 1 aromatic rings. The van der Waals surface area contributed by atoms with Crippen molar-refractivity contribution in [2.75, 3.05) is 5.33 Å². The van der Waals surface area contributed by atoms with Crippen LogP contribution in [0.4, 0.5) is 4.39 Å². The number of phenolic OH excluding ortho intramolecular Hbond substituents is 1. The molecule has 1 aromatic carbocycles. The Morgan fingerprint density at radius 3 is 2.79 bits per heavy atom. The van der Waals surface area contributed by atoms with E-state index < -0.39 is 11.6 Å². The van der Waals surface area contributed by atoms with Gasteiger partial charge >= 0.3 is 0 Å². The van der Waals surface area contributed by atoms with E-state index in [4.69, 9.17) is 10.4 Å². The van der Waals surface area contributed by atoms with Crippen molar-refractivity contribution in [2.45, 2.75) is 0 Å². The Kier molecular flexibility index (Phi) is 3.20. The van der Waals surface area contributed by atoms with E-state index in [2.05, 4.69) is 15.9 Å². The monoisotopic (exact) mass is 257 g/mol. The first kappa shape index (κ1) is 10.7. The van der Waals surface area contributed by atoms with E-state index in [0.29, 0.717) is 0 Å². The lowest BCUT2D eigenvalue weighted by molar-refractivity contribution is 0.102. The van der Waals surface area contributed by atoms with Crippen LogP contribution in [0.1, 0.15) is 15.9 Å². The van der Waals surface area contributed by atoms with Gasteiger partial charge in [-0.15, -0.1) is 0 Å². The second-order valence-electron chi connectivity index (χ2n) is 2.49. The molecule has 1 rings (SSSR count). The van der Waals surface area contributed by atoms with E-state index in [1.807, 2.05) is 0 Å². The lowest BCUT2D eigenvalue weighted by atomic mass is 10.0. The third-order valence-corrected chi connectivity index (χ3v) is 2.17. The van der Waals surface area contributed by atoms with Gasteiger partial charge in [-0.25, -0.2) is 4.39 Å². The number of nitriles is 1. The number of Topliss-reactive ketones (excluding diaryl/α,β-unsaturated/α-hetero) is 1. The second kappa shape index (κ2) is 4.20. The number of ketones is 1. The number of carbonyl (C=O) groups is 1. The van der Waals surface area contributed by atoms with Crippen molar-refractivity contribution >= 4 is 21.7 Å². The quantitative estimate of drug-likeness (QED) is 0.651. The molecule has 0 amide bonds. The normalized spacial score (nSPS) is 9.50. The minimum absolute atomic E-state index is 0.0169. The number of benzene rings is 1. The molecule has 0 aliphatic carbocycles. The molecule has 0 aromatic heterocycles. The van der Waals surface area contributed by atoms with Gasteiger partial charge in [0.2, 0.25) is 0 Å². The molecule has 0 fully saturated rings. The van der Waals surface area contributed by atoms with Crippen LogP contribution >= 0.6 is 15.9 Å². The fourth-order valence-corrected chi connectivity index (χ4v) is 1.29. The van der Waals surface area contributed by atoms with Crippen LogP contribution in [0.2, 0.25) is 0 Å². The zero-order valence-electron chi connectivity index (χ0n) is 6.92. The fraction of sp³-hybridized carbons (Fsp3) is 0.111. The molecule has 0 radical (unpaired) electrons. The summed E-state index contributed by atoms with van der Waals surface area (Å²) in [7, 11) is 0. The van der Waals surface area contributed by atoms with Gasteiger partial charge in [-0.2, -0.15) is 5.26 Å². The van der Waals surface area contributed by atoms with Crippen molar-refractivity contribution in [1.82, 2.24) is 0 Å². The van der Waals surface area contributed by atoms with Gasteiger partial charge in [-0.3, -0.25) is 4.79 Å². The van der Waals surface area contributed by atoms with Crippen molar-refractivity contribution in [3.05, 3.63) is 29.1 Å². The number of nitrogens with zero attached hydrogens (tertiary/aromatic N) is 1. The third kappa shape index (κ3) is 1.75. The topological polar surface area (TPSA) is 61.1 Å². The van der Waals surface area contributed by atoms with Gasteiger partial charge in [0.15, 0.2) is 17.3 Å². The lowest BCUT2D eigenvalue weighted by Gasteiger charge is -2.03. The summed E-state index contributed by atoms with van der Waals surface area (Å²) in [5.41, 5.74) is -0.308. The predicted molar refractivity (Wildman–Crippen MR) is 50.9 cm³/mol. The number of carbonyl (C=O) groups excluding carboxylic acids is 1. The molecule has 0 aliphatic rings. The summed E-state index contributed by atoms with van der Waals surface area (Å²) in [5.74, 6) is -2.07. The number of phenols is 1. The Labute approximate surface area is 87.9 Å². The van der Waals surface area contributed by atoms with Gasteiger partial charge in [-0.1, -0.05) is 15.9 Å². The van der Waals surface area contributed by atoms with Crippen molar-refractivity contribution in [3.8, 4) is 11.8 Å². The first-order valence-electron chi connectivity index (χ1n) is 3.62. The fourth-order valence-electron chi connectivity index (χ4n) is 0.983. The molecule has 3 nitrogen and oxygen atoms in total. The number of hydrogen-bond donors (Lipinski definition) is 1. The molecule has 0 saturated carbocycles. The van der Waals surface area contributed by atoms with Crippen LogP contribution in [0.25, 0.3) is 0 Å². The van der Waals surface area contributed by atoms with Gasteiger partial charge < -0.3 is 5.11 Å². The molecule has 14 heavy (non-hydrogen) atoms. The largest absolute Gasteiger partial charge is 0.504 e. The summed E-state index contributed by atoms with van der Waals surface area (Å²) in [6.07, 6.45) is 0. The molecule has 72 valence electrons. The summed E-state index contributed by atoms with van der Waals surface area (Å²) in [6, 6.07) is 3.72. The highest BCUT2D eigenvalue weighted by Gasteiger charge is 2.16. The maximum atomic E-state index is 12.8. The zero-order valence-corrected chi connectivity index (χ0v) is 8.51. The Morgan fingerprint density at radius 1 is 1.64 bits per heavy atom. The Hall–Kier alpha value is -1.41. The minimum Gasteiger partial charge on any atom is -0.504 e. The highest BCUT2D eigenvalue weighted by Crippen LogP contribution is 2.24. The third-order valence-electron chi connectivity index (χ3n) is 1.66. The molecule has 0 unspecified atom stereocenters. The van der Waals surface area contributed by atoms with E-state index in [1.54, 1.807) is 6.07 Å². The maximum Gasteiger partial charge on any atom is 0.174 e. The van der Waals surface area contributed by atoms with Crippen LogP contribution in [0, 0.1) is 17.1 Å². The summed E-state index contributed by atoms with van der Waals surface area (Å²) in [6.45, 7) is 0. The first-order valence-corrected chi connectivity index (χ1v) is 4.74. The van der Waals surface area contributed by atoms with E-state index in [9.17, 15) is 9.18 Å². The predicted octanol–water partition coefficient (Wildman–Crippen LogP) is 1.98. The van der Waals surface area contributed by atoms with Crippen LogP contribution in [0.15, 0.2) is 12.1 Å².